The van der Waals surface area contributed by atoms with Gasteiger partial charge in [0.15, 0.2) is 0 Å². The van der Waals surface area contributed by atoms with E-state index in [4.69, 9.17) is 0 Å². The van der Waals surface area contributed by atoms with E-state index in [9.17, 15) is 14.3 Å². The van der Waals surface area contributed by atoms with Gasteiger partial charge in [-0.05, 0) is 12.0 Å². The number of unbranched alkanes of at least 4 members (excludes halogenated alkanes) is 1. The van der Waals surface area contributed by atoms with Gasteiger partial charge >= 0.3 is 13.8 Å². The summed E-state index contributed by atoms with van der Waals surface area (Å²) in [5, 5.41) is 0. The van der Waals surface area contributed by atoms with E-state index in [0.717, 1.165) is 6.42 Å². The lowest BCUT2D eigenvalue weighted by Gasteiger charge is -2.11. The van der Waals surface area contributed by atoms with Crippen LogP contribution in [0, 0.1) is 0 Å². The minimum atomic E-state index is -3.99. The molecule has 0 spiro atoms. The van der Waals surface area contributed by atoms with E-state index in [1.807, 2.05) is 6.92 Å². The highest BCUT2D eigenvalue weighted by Crippen LogP contribution is 2.45. The number of rotatable bonds is 6. The third-order valence-electron chi connectivity index (χ3n) is 2.16. The fraction of sp³-hybridized carbons (Fsp3) is 0.417. The topological polar surface area (TPSA) is 72.8 Å². The molecule has 0 aliphatic carbocycles. The molecule has 6 heteroatoms. The number of carbonyl (C=O) groups is 1. The first kappa shape index (κ1) is 14.7. The SMILES string of the molecule is CCCCOC(=O)OP(=O)(O)Cc1ccccc1. The van der Waals surface area contributed by atoms with Gasteiger partial charge in [0.05, 0.1) is 12.8 Å². The summed E-state index contributed by atoms with van der Waals surface area (Å²) in [5.74, 6) is 0. The van der Waals surface area contributed by atoms with E-state index < -0.39 is 13.8 Å². The van der Waals surface area contributed by atoms with E-state index in [1.165, 1.54) is 0 Å². The van der Waals surface area contributed by atoms with E-state index in [-0.39, 0.29) is 12.8 Å². The van der Waals surface area contributed by atoms with Crippen LogP contribution in [0.2, 0.25) is 0 Å². The Balaban J connectivity index is 2.44. The zero-order chi connectivity index (χ0) is 13.4. The Morgan fingerprint density at radius 2 is 2.00 bits per heavy atom. The Morgan fingerprint density at radius 1 is 1.33 bits per heavy atom. The Kier molecular flexibility index (Phi) is 5.89. The lowest BCUT2D eigenvalue weighted by molar-refractivity contribution is 0.0936. The molecule has 0 aromatic heterocycles. The Bertz CT molecular complexity index is 418. The normalized spacial score (nSPS) is 13.7. The van der Waals surface area contributed by atoms with Crippen molar-refractivity contribution in [2.45, 2.75) is 25.9 Å². The monoisotopic (exact) mass is 272 g/mol. The lowest BCUT2D eigenvalue weighted by Crippen LogP contribution is -2.07. The highest BCUT2D eigenvalue weighted by molar-refractivity contribution is 7.52. The number of hydrogen-bond acceptors (Lipinski definition) is 4. The zero-order valence-electron chi connectivity index (χ0n) is 10.2. The minimum absolute atomic E-state index is 0.195. The van der Waals surface area contributed by atoms with Gasteiger partial charge in [0.1, 0.15) is 0 Å². The maximum Gasteiger partial charge on any atom is 0.514 e. The molecule has 0 heterocycles. The van der Waals surface area contributed by atoms with Crippen LogP contribution in [0.1, 0.15) is 25.3 Å². The van der Waals surface area contributed by atoms with Crippen LogP contribution in [-0.2, 0) is 20.0 Å². The minimum Gasteiger partial charge on any atom is -0.434 e. The molecule has 0 aliphatic rings. The first-order valence-corrected chi connectivity index (χ1v) is 7.52. The van der Waals surface area contributed by atoms with Crippen LogP contribution in [0.4, 0.5) is 4.79 Å². The van der Waals surface area contributed by atoms with Gasteiger partial charge in [-0.2, -0.15) is 0 Å². The van der Waals surface area contributed by atoms with E-state index in [1.54, 1.807) is 30.3 Å². The van der Waals surface area contributed by atoms with Gasteiger partial charge in [0.2, 0.25) is 0 Å². The molecule has 1 unspecified atom stereocenters. The summed E-state index contributed by atoms with van der Waals surface area (Å²) in [7, 11) is -3.99. The highest BCUT2D eigenvalue weighted by Gasteiger charge is 2.25. The number of hydrogen-bond donors (Lipinski definition) is 1. The highest BCUT2D eigenvalue weighted by atomic mass is 31.2. The van der Waals surface area contributed by atoms with E-state index >= 15 is 0 Å². The summed E-state index contributed by atoms with van der Waals surface area (Å²) >= 11 is 0. The van der Waals surface area contributed by atoms with Gasteiger partial charge < -0.3 is 14.2 Å². The quantitative estimate of drug-likeness (QED) is 0.488. The molecule has 5 nitrogen and oxygen atoms in total. The molecule has 1 N–H and O–H groups in total. The second kappa shape index (κ2) is 7.19. The van der Waals surface area contributed by atoms with Crippen molar-refractivity contribution < 1.29 is 23.5 Å². The van der Waals surface area contributed by atoms with Crippen molar-refractivity contribution >= 4 is 13.8 Å². The summed E-state index contributed by atoms with van der Waals surface area (Å²) in [6.07, 6.45) is 0.263. The molecule has 1 aromatic rings. The average Bonchev–Trinajstić information content (AvgIpc) is 2.29. The van der Waals surface area contributed by atoms with E-state index in [2.05, 4.69) is 9.26 Å². The van der Waals surface area contributed by atoms with Gasteiger partial charge in [-0.25, -0.2) is 9.36 Å². The van der Waals surface area contributed by atoms with Gasteiger partial charge in [0.25, 0.3) is 0 Å². The Morgan fingerprint density at radius 3 is 2.61 bits per heavy atom. The van der Waals surface area contributed by atoms with Crippen molar-refractivity contribution in [1.82, 2.24) is 0 Å². The number of carbonyl (C=O) groups excluding carboxylic acids is 1. The van der Waals surface area contributed by atoms with Gasteiger partial charge in [-0.3, -0.25) is 0 Å². The van der Waals surface area contributed by atoms with Gasteiger partial charge in [0, 0.05) is 0 Å². The van der Waals surface area contributed by atoms with Crippen LogP contribution in [0.15, 0.2) is 30.3 Å². The molecule has 0 radical (unpaired) electrons. The second-order valence-corrected chi connectivity index (χ2v) is 5.60. The summed E-state index contributed by atoms with van der Waals surface area (Å²) in [5.41, 5.74) is 0.629. The molecule has 0 saturated heterocycles. The first-order chi connectivity index (χ1) is 8.53. The van der Waals surface area contributed by atoms with Crippen LogP contribution >= 0.6 is 7.60 Å². The molecule has 1 rings (SSSR count). The predicted octanol–water partition coefficient (Wildman–Crippen LogP) is 3.33. The van der Waals surface area contributed by atoms with Crippen molar-refractivity contribution in [3.05, 3.63) is 35.9 Å². The predicted molar refractivity (Wildman–Crippen MR) is 67.3 cm³/mol. The maximum absolute atomic E-state index is 11.7. The molecule has 0 amide bonds. The molecular weight excluding hydrogens is 255 g/mol. The summed E-state index contributed by atoms with van der Waals surface area (Å²) in [4.78, 5) is 20.7. The summed E-state index contributed by atoms with van der Waals surface area (Å²) in [6.45, 7) is 2.14. The maximum atomic E-state index is 11.7. The van der Waals surface area contributed by atoms with Crippen LogP contribution in [-0.4, -0.2) is 17.7 Å². The smallest absolute Gasteiger partial charge is 0.434 e. The van der Waals surface area contributed by atoms with Crippen molar-refractivity contribution in [3.63, 3.8) is 0 Å². The third-order valence-corrected chi connectivity index (χ3v) is 3.36. The standard InChI is InChI=1S/C12H17O5P/c1-2-3-9-16-12(13)17-18(14,15)10-11-7-5-4-6-8-11/h4-8H,2-3,9-10H2,1H3,(H,14,15). The Hall–Kier alpha value is -1.32. The molecule has 0 bridgehead atoms. The van der Waals surface area contributed by atoms with E-state index in [0.29, 0.717) is 12.0 Å². The van der Waals surface area contributed by atoms with Crippen molar-refractivity contribution in [3.8, 4) is 0 Å². The fourth-order valence-corrected chi connectivity index (χ4v) is 2.31. The third kappa shape index (κ3) is 5.84. The number of ether oxygens (including phenoxy) is 1. The van der Waals surface area contributed by atoms with Crippen LogP contribution in [0.5, 0.6) is 0 Å². The summed E-state index contributed by atoms with van der Waals surface area (Å²) in [6, 6.07) is 8.67. The molecule has 0 fully saturated rings. The zero-order valence-corrected chi connectivity index (χ0v) is 11.1. The van der Waals surface area contributed by atoms with Crippen molar-refractivity contribution in [2.75, 3.05) is 6.61 Å². The van der Waals surface area contributed by atoms with Crippen LogP contribution < -0.4 is 0 Å². The summed E-state index contributed by atoms with van der Waals surface area (Å²) < 4.78 is 20.8. The van der Waals surface area contributed by atoms with Crippen LogP contribution in [0.3, 0.4) is 0 Å². The van der Waals surface area contributed by atoms with Crippen LogP contribution in [0.25, 0.3) is 0 Å². The van der Waals surface area contributed by atoms with Crippen molar-refractivity contribution in [1.29, 1.82) is 0 Å². The molecular formula is C12H17O5P. The lowest BCUT2D eigenvalue weighted by atomic mass is 10.2. The molecule has 18 heavy (non-hydrogen) atoms. The molecule has 0 saturated carbocycles. The molecule has 1 atom stereocenters. The molecule has 1 aromatic carbocycles. The largest absolute Gasteiger partial charge is 0.514 e. The van der Waals surface area contributed by atoms with Crippen molar-refractivity contribution in [2.24, 2.45) is 0 Å². The Labute approximate surface area is 106 Å². The average molecular weight is 272 g/mol. The molecule has 100 valence electrons. The molecule has 0 aliphatic heterocycles. The first-order valence-electron chi connectivity index (χ1n) is 5.75. The number of benzene rings is 1. The fourth-order valence-electron chi connectivity index (χ4n) is 1.29. The van der Waals surface area contributed by atoms with Gasteiger partial charge in [-0.15, -0.1) is 0 Å². The van der Waals surface area contributed by atoms with Gasteiger partial charge in [-0.1, -0.05) is 43.7 Å². The second-order valence-electron chi connectivity index (χ2n) is 3.82.